The number of benzene rings is 1. The summed E-state index contributed by atoms with van der Waals surface area (Å²) in [5.74, 6) is 0. The van der Waals surface area contributed by atoms with E-state index in [0.29, 0.717) is 10.0 Å². The second-order valence-corrected chi connectivity index (χ2v) is 8.20. The molecule has 3 nitrogen and oxygen atoms in total. The first-order chi connectivity index (χ1) is 8.11. The van der Waals surface area contributed by atoms with Crippen LogP contribution in [0, 0.1) is 0 Å². The van der Waals surface area contributed by atoms with Crippen molar-refractivity contribution in [1.29, 1.82) is 0 Å². The van der Waals surface area contributed by atoms with Crippen molar-refractivity contribution >= 4 is 33.0 Å². The summed E-state index contributed by atoms with van der Waals surface area (Å²) in [4.78, 5) is 0. The van der Waals surface area contributed by atoms with E-state index < -0.39 is 20.6 Å². The Balaban J connectivity index is 3.35. The SMILES string of the molecule is CNC(c1ccc(Cl)cc1Cl)C(C)(C)S(C)(=O)=O. The highest BCUT2D eigenvalue weighted by atomic mass is 35.5. The second kappa shape index (κ2) is 5.37. The Hall–Kier alpha value is -0.290. The Kier molecular flexibility index (Phi) is 4.70. The summed E-state index contributed by atoms with van der Waals surface area (Å²) >= 11 is 12.0. The molecule has 0 saturated heterocycles. The van der Waals surface area contributed by atoms with E-state index in [4.69, 9.17) is 23.2 Å². The molecule has 0 aromatic heterocycles. The van der Waals surface area contributed by atoms with Gasteiger partial charge in [-0.15, -0.1) is 0 Å². The summed E-state index contributed by atoms with van der Waals surface area (Å²) in [6.45, 7) is 3.35. The van der Waals surface area contributed by atoms with Crippen LogP contribution in [0.25, 0.3) is 0 Å². The van der Waals surface area contributed by atoms with Crippen LogP contribution in [0.2, 0.25) is 10.0 Å². The molecule has 0 radical (unpaired) electrons. The third-order valence-corrected chi connectivity index (χ3v) is 5.92. The third kappa shape index (κ3) is 2.99. The van der Waals surface area contributed by atoms with E-state index in [-0.39, 0.29) is 0 Å². The Bertz CT molecular complexity index is 541. The Morgan fingerprint density at radius 2 is 1.83 bits per heavy atom. The molecule has 0 heterocycles. The van der Waals surface area contributed by atoms with Gasteiger partial charge in [-0.2, -0.15) is 0 Å². The van der Waals surface area contributed by atoms with E-state index in [2.05, 4.69) is 5.32 Å². The summed E-state index contributed by atoms with van der Waals surface area (Å²) < 4.78 is 22.8. The van der Waals surface area contributed by atoms with Gasteiger partial charge in [-0.1, -0.05) is 29.3 Å². The Morgan fingerprint density at radius 1 is 1.28 bits per heavy atom. The van der Waals surface area contributed by atoms with Crippen molar-refractivity contribution in [1.82, 2.24) is 5.32 Å². The van der Waals surface area contributed by atoms with Crippen LogP contribution in [-0.2, 0) is 9.84 Å². The summed E-state index contributed by atoms with van der Waals surface area (Å²) in [6.07, 6.45) is 1.22. The van der Waals surface area contributed by atoms with Gasteiger partial charge in [0.15, 0.2) is 9.84 Å². The highest BCUT2D eigenvalue weighted by Crippen LogP contribution is 2.36. The van der Waals surface area contributed by atoms with Crippen LogP contribution in [0.1, 0.15) is 25.5 Å². The van der Waals surface area contributed by atoms with Crippen molar-refractivity contribution < 1.29 is 8.42 Å². The van der Waals surface area contributed by atoms with Gasteiger partial charge in [-0.05, 0) is 38.6 Å². The average molecular weight is 310 g/mol. The monoisotopic (exact) mass is 309 g/mol. The van der Waals surface area contributed by atoms with E-state index in [1.165, 1.54) is 6.26 Å². The molecule has 1 unspecified atom stereocenters. The van der Waals surface area contributed by atoms with Crippen LogP contribution in [0.3, 0.4) is 0 Å². The quantitative estimate of drug-likeness (QED) is 0.929. The first-order valence-corrected chi connectivity index (χ1v) is 8.08. The molecule has 0 aliphatic carbocycles. The molecular weight excluding hydrogens is 293 g/mol. The molecule has 1 N–H and O–H groups in total. The molecule has 0 fully saturated rings. The Labute approximate surface area is 118 Å². The highest BCUT2D eigenvalue weighted by molar-refractivity contribution is 7.92. The minimum Gasteiger partial charge on any atom is -0.312 e. The van der Waals surface area contributed by atoms with Crippen LogP contribution in [0.15, 0.2) is 18.2 Å². The minimum absolute atomic E-state index is 0.405. The fraction of sp³-hybridized carbons (Fsp3) is 0.500. The third-order valence-electron chi connectivity index (χ3n) is 3.21. The van der Waals surface area contributed by atoms with E-state index in [9.17, 15) is 8.42 Å². The van der Waals surface area contributed by atoms with Gasteiger partial charge in [0.2, 0.25) is 0 Å². The molecule has 1 rings (SSSR count). The molecule has 102 valence electrons. The van der Waals surface area contributed by atoms with Crippen LogP contribution in [0.5, 0.6) is 0 Å². The first kappa shape index (κ1) is 15.8. The highest BCUT2D eigenvalue weighted by Gasteiger charge is 2.39. The summed E-state index contributed by atoms with van der Waals surface area (Å²) in [6, 6.07) is 4.66. The molecular formula is C12H17Cl2NO2S. The van der Waals surface area contributed by atoms with E-state index in [1.54, 1.807) is 39.1 Å². The fourth-order valence-electron chi connectivity index (χ4n) is 1.83. The molecule has 0 amide bonds. The van der Waals surface area contributed by atoms with Gasteiger partial charge in [0.05, 0.1) is 10.8 Å². The zero-order chi connectivity index (χ0) is 14.1. The first-order valence-electron chi connectivity index (χ1n) is 5.43. The lowest BCUT2D eigenvalue weighted by atomic mass is 9.95. The predicted molar refractivity (Wildman–Crippen MR) is 77.2 cm³/mol. The van der Waals surface area contributed by atoms with Gasteiger partial charge in [0, 0.05) is 16.3 Å². The van der Waals surface area contributed by atoms with Crippen molar-refractivity contribution in [2.45, 2.75) is 24.6 Å². The molecule has 1 aromatic rings. The maximum Gasteiger partial charge on any atom is 0.154 e. The van der Waals surface area contributed by atoms with Gasteiger partial charge in [0.1, 0.15) is 0 Å². The topological polar surface area (TPSA) is 46.2 Å². The number of hydrogen-bond acceptors (Lipinski definition) is 3. The molecule has 1 atom stereocenters. The summed E-state index contributed by atoms with van der Waals surface area (Å²) in [5.41, 5.74) is 0.721. The van der Waals surface area contributed by atoms with E-state index >= 15 is 0 Å². The second-order valence-electron chi connectivity index (χ2n) is 4.76. The maximum atomic E-state index is 11.9. The number of sulfone groups is 1. The smallest absolute Gasteiger partial charge is 0.154 e. The van der Waals surface area contributed by atoms with Gasteiger partial charge >= 0.3 is 0 Å². The van der Waals surface area contributed by atoms with Crippen LogP contribution >= 0.6 is 23.2 Å². The van der Waals surface area contributed by atoms with Crippen LogP contribution < -0.4 is 5.32 Å². The Morgan fingerprint density at radius 3 is 2.22 bits per heavy atom. The molecule has 0 aliphatic heterocycles. The average Bonchev–Trinajstić information content (AvgIpc) is 2.20. The normalized spacial score (nSPS) is 14.6. The number of nitrogens with one attached hydrogen (secondary N) is 1. The van der Waals surface area contributed by atoms with Crippen molar-refractivity contribution in [3.05, 3.63) is 33.8 Å². The van der Waals surface area contributed by atoms with Crippen molar-refractivity contribution in [2.24, 2.45) is 0 Å². The molecule has 0 saturated carbocycles. The van der Waals surface area contributed by atoms with Gasteiger partial charge in [-0.25, -0.2) is 8.42 Å². The standard InChI is InChI=1S/C12H17Cl2NO2S/c1-12(2,18(4,16)17)11(15-3)9-6-5-8(13)7-10(9)14/h5-7,11,15H,1-4H3. The lowest BCUT2D eigenvalue weighted by Gasteiger charge is -2.33. The number of hydrogen-bond donors (Lipinski definition) is 1. The fourth-order valence-corrected chi connectivity index (χ4v) is 3.02. The van der Waals surface area contributed by atoms with Crippen molar-refractivity contribution in [2.75, 3.05) is 13.3 Å². The van der Waals surface area contributed by atoms with Crippen LogP contribution in [0.4, 0.5) is 0 Å². The predicted octanol–water partition coefficient (Wildman–Crippen LogP) is 3.08. The van der Waals surface area contributed by atoms with Gasteiger partial charge in [-0.3, -0.25) is 0 Å². The maximum absolute atomic E-state index is 11.9. The summed E-state index contributed by atoms with van der Waals surface area (Å²) in [5, 5.41) is 4.00. The van der Waals surface area contributed by atoms with E-state index in [1.807, 2.05) is 0 Å². The minimum atomic E-state index is -3.24. The van der Waals surface area contributed by atoms with Crippen molar-refractivity contribution in [3.63, 3.8) is 0 Å². The zero-order valence-electron chi connectivity index (χ0n) is 10.8. The lowest BCUT2D eigenvalue weighted by molar-refractivity contribution is 0.446. The largest absolute Gasteiger partial charge is 0.312 e. The molecule has 0 bridgehead atoms. The molecule has 18 heavy (non-hydrogen) atoms. The van der Waals surface area contributed by atoms with Gasteiger partial charge in [0.25, 0.3) is 0 Å². The summed E-state index contributed by atoms with van der Waals surface area (Å²) in [7, 11) is -1.53. The van der Waals surface area contributed by atoms with Crippen molar-refractivity contribution in [3.8, 4) is 0 Å². The molecule has 0 aliphatic rings. The van der Waals surface area contributed by atoms with Crippen LogP contribution in [-0.4, -0.2) is 26.5 Å². The zero-order valence-corrected chi connectivity index (χ0v) is 13.1. The number of halogens is 2. The van der Waals surface area contributed by atoms with E-state index in [0.717, 1.165) is 5.56 Å². The molecule has 0 spiro atoms. The van der Waals surface area contributed by atoms with Gasteiger partial charge < -0.3 is 5.32 Å². The molecule has 1 aromatic carbocycles. The lowest BCUT2D eigenvalue weighted by Crippen LogP contribution is -2.43. The number of rotatable bonds is 4. The molecule has 6 heteroatoms.